The van der Waals surface area contributed by atoms with Crippen molar-refractivity contribution in [3.05, 3.63) is 46.5 Å². The van der Waals surface area contributed by atoms with Crippen molar-refractivity contribution in [1.82, 2.24) is 10.6 Å². The zero-order valence-electron chi connectivity index (χ0n) is 11.9. The van der Waals surface area contributed by atoms with Crippen LogP contribution in [0.5, 0.6) is 0 Å². The Morgan fingerprint density at radius 2 is 2.09 bits per heavy atom. The Morgan fingerprint density at radius 3 is 2.70 bits per heavy atom. The molecule has 4 N–H and O–H groups in total. The normalized spacial score (nSPS) is 9.57. The van der Waals surface area contributed by atoms with Crippen LogP contribution in [0.4, 0.5) is 16.2 Å². The Bertz CT molecular complexity index is 658. The van der Waals surface area contributed by atoms with Gasteiger partial charge in [0.1, 0.15) is 5.69 Å². The molecule has 1 aromatic rings. The third kappa shape index (κ3) is 5.46. The predicted molar refractivity (Wildman–Crippen MR) is 79.5 cm³/mol. The van der Waals surface area contributed by atoms with Crippen LogP contribution in [0.15, 0.2) is 30.9 Å². The summed E-state index contributed by atoms with van der Waals surface area (Å²) in [6.07, 6.45) is 1.41. The summed E-state index contributed by atoms with van der Waals surface area (Å²) in [5.74, 6) is -1.82. The van der Waals surface area contributed by atoms with Crippen LogP contribution in [0, 0.1) is 10.1 Å². The summed E-state index contributed by atoms with van der Waals surface area (Å²) < 4.78 is 4.66. The Labute approximate surface area is 130 Å². The number of amides is 3. The molecule has 23 heavy (non-hydrogen) atoms. The van der Waals surface area contributed by atoms with Crippen LogP contribution in [0.3, 0.4) is 0 Å². The smallest absolute Gasteiger partial charge is 0.338 e. The van der Waals surface area contributed by atoms with E-state index in [2.05, 4.69) is 16.6 Å². The molecule has 0 radical (unpaired) electrons. The summed E-state index contributed by atoms with van der Waals surface area (Å²) in [5, 5.41) is 14.9. The minimum atomic E-state index is -0.963. The molecule has 122 valence electrons. The molecular formula is C13H14N4O6. The largest absolute Gasteiger partial charge is 0.452 e. The zero-order valence-corrected chi connectivity index (χ0v) is 11.9. The summed E-state index contributed by atoms with van der Waals surface area (Å²) in [6.45, 7) is 2.81. The van der Waals surface area contributed by atoms with Crippen LogP contribution in [0.25, 0.3) is 0 Å². The molecule has 3 amide bonds. The van der Waals surface area contributed by atoms with Crippen LogP contribution in [-0.4, -0.2) is 36.0 Å². The highest BCUT2D eigenvalue weighted by Crippen LogP contribution is 2.22. The second-order valence-corrected chi connectivity index (χ2v) is 4.15. The highest BCUT2D eigenvalue weighted by Gasteiger charge is 2.17. The third-order valence-corrected chi connectivity index (χ3v) is 2.46. The van der Waals surface area contributed by atoms with Gasteiger partial charge in [0.25, 0.3) is 11.6 Å². The maximum absolute atomic E-state index is 11.7. The molecule has 0 heterocycles. The van der Waals surface area contributed by atoms with Crippen molar-refractivity contribution in [3.63, 3.8) is 0 Å². The van der Waals surface area contributed by atoms with Crippen molar-refractivity contribution in [1.29, 1.82) is 0 Å². The number of nitrogens with zero attached hydrogens (tertiary/aromatic N) is 1. The molecule has 0 aliphatic rings. The van der Waals surface area contributed by atoms with Crippen LogP contribution in [-0.2, 0) is 9.53 Å². The van der Waals surface area contributed by atoms with E-state index in [1.54, 1.807) is 0 Å². The van der Waals surface area contributed by atoms with Crippen LogP contribution in [0.1, 0.15) is 10.4 Å². The first kappa shape index (κ1) is 17.6. The van der Waals surface area contributed by atoms with Crippen molar-refractivity contribution < 1.29 is 24.0 Å². The molecule has 0 saturated carbocycles. The quantitative estimate of drug-likeness (QED) is 0.224. The first-order valence-electron chi connectivity index (χ1n) is 6.24. The second kappa shape index (κ2) is 8.12. The van der Waals surface area contributed by atoms with E-state index < -0.39 is 35.1 Å². The minimum absolute atomic E-state index is 0.108. The van der Waals surface area contributed by atoms with E-state index >= 15 is 0 Å². The van der Waals surface area contributed by atoms with E-state index in [1.165, 1.54) is 18.2 Å². The number of ether oxygens (including phenoxy) is 1. The number of nitrogen functional groups attached to an aromatic ring is 1. The zero-order chi connectivity index (χ0) is 17.4. The van der Waals surface area contributed by atoms with E-state index in [-0.39, 0.29) is 17.8 Å². The monoisotopic (exact) mass is 322 g/mol. The Hall–Kier alpha value is -3.43. The average Bonchev–Trinajstić information content (AvgIpc) is 2.50. The van der Waals surface area contributed by atoms with Crippen molar-refractivity contribution in [2.24, 2.45) is 0 Å². The predicted octanol–water partition coefficient (Wildman–Crippen LogP) is 0.346. The molecule has 0 unspecified atom stereocenters. The van der Waals surface area contributed by atoms with Crippen LogP contribution >= 0.6 is 0 Å². The van der Waals surface area contributed by atoms with Crippen molar-refractivity contribution in [3.8, 4) is 0 Å². The molecular weight excluding hydrogens is 308 g/mol. The number of hydrogen-bond donors (Lipinski definition) is 3. The van der Waals surface area contributed by atoms with Gasteiger partial charge in [-0.3, -0.25) is 20.2 Å². The molecule has 10 heteroatoms. The summed E-state index contributed by atoms with van der Waals surface area (Å²) in [5.41, 5.74) is 4.70. The highest BCUT2D eigenvalue weighted by atomic mass is 16.6. The summed E-state index contributed by atoms with van der Waals surface area (Å²) in [6, 6.07) is 2.57. The SMILES string of the molecule is C=CCNC(=O)NC(=O)COC(=O)c1ccc(N)c([N+](=O)[O-])c1. The van der Waals surface area contributed by atoms with Crippen molar-refractivity contribution in [2.75, 3.05) is 18.9 Å². The van der Waals surface area contributed by atoms with Gasteiger partial charge >= 0.3 is 12.0 Å². The van der Waals surface area contributed by atoms with Gasteiger partial charge in [-0.1, -0.05) is 6.08 Å². The molecule has 0 saturated heterocycles. The lowest BCUT2D eigenvalue weighted by Crippen LogP contribution is -2.41. The van der Waals surface area contributed by atoms with Crippen molar-refractivity contribution >= 4 is 29.3 Å². The number of carbonyl (C=O) groups excluding carboxylic acids is 3. The highest BCUT2D eigenvalue weighted by molar-refractivity contribution is 5.97. The Kier molecular flexibility index (Phi) is 6.22. The summed E-state index contributed by atoms with van der Waals surface area (Å²) in [7, 11) is 0. The lowest BCUT2D eigenvalue weighted by Gasteiger charge is -2.06. The second-order valence-electron chi connectivity index (χ2n) is 4.15. The maximum atomic E-state index is 11.7. The molecule has 1 aromatic carbocycles. The number of anilines is 1. The summed E-state index contributed by atoms with van der Waals surface area (Å²) >= 11 is 0. The molecule has 0 aliphatic carbocycles. The lowest BCUT2D eigenvalue weighted by atomic mass is 10.2. The van der Waals surface area contributed by atoms with E-state index in [0.29, 0.717) is 0 Å². The fraction of sp³-hybridized carbons (Fsp3) is 0.154. The standard InChI is InChI=1S/C13H14N4O6/c1-2-5-15-13(20)16-11(18)7-23-12(19)8-3-4-9(14)10(6-8)17(21)22/h2-4,6H,1,5,7,14H2,(H2,15,16,18,20). The van der Waals surface area contributed by atoms with Gasteiger partial charge in [0.2, 0.25) is 0 Å². The van der Waals surface area contributed by atoms with E-state index in [1.807, 2.05) is 5.32 Å². The number of nitrogens with one attached hydrogen (secondary N) is 2. The number of hydrogen-bond acceptors (Lipinski definition) is 7. The molecule has 0 spiro atoms. The first-order valence-corrected chi connectivity index (χ1v) is 6.24. The molecule has 0 fully saturated rings. The Morgan fingerprint density at radius 1 is 1.39 bits per heavy atom. The Balaban J connectivity index is 2.58. The number of imide groups is 1. The van der Waals surface area contributed by atoms with Crippen LogP contribution < -0.4 is 16.4 Å². The van der Waals surface area contributed by atoms with Gasteiger partial charge in [-0.05, 0) is 12.1 Å². The van der Waals surface area contributed by atoms with Crippen LogP contribution in [0.2, 0.25) is 0 Å². The number of nitro benzene ring substituents is 1. The van der Waals surface area contributed by atoms with Gasteiger partial charge in [-0.15, -0.1) is 6.58 Å². The van der Waals surface area contributed by atoms with Gasteiger partial charge in [-0.25, -0.2) is 9.59 Å². The summed E-state index contributed by atoms with van der Waals surface area (Å²) in [4.78, 5) is 44.2. The van der Waals surface area contributed by atoms with Gasteiger partial charge in [-0.2, -0.15) is 0 Å². The van der Waals surface area contributed by atoms with Gasteiger partial charge < -0.3 is 15.8 Å². The lowest BCUT2D eigenvalue weighted by molar-refractivity contribution is -0.383. The molecule has 0 atom stereocenters. The van der Waals surface area contributed by atoms with Crippen molar-refractivity contribution in [2.45, 2.75) is 0 Å². The maximum Gasteiger partial charge on any atom is 0.338 e. The average molecular weight is 322 g/mol. The number of carbonyl (C=O) groups is 3. The van der Waals surface area contributed by atoms with E-state index in [9.17, 15) is 24.5 Å². The molecule has 1 rings (SSSR count). The fourth-order valence-electron chi connectivity index (χ4n) is 1.41. The van der Waals surface area contributed by atoms with Gasteiger partial charge in [0.15, 0.2) is 6.61 Å². The first-order chi connectivity index (χ1) is 10.8. The molecule has 0 aliphatic heterocycles. The van der Waals surface area contributed by atoms with E-state index in [0.717, 1.165) is 6.07 Å². The fourth-order valence-corrected chi connectivity index (χ4v) is 1.41. The number of urea groups is 1. The molecule has 10 nitrogen and oxygen atoms in total. The third-order valence-electron chi connectivity index (χ3n) is 2.46. The van der Waals surface area contributed by atoms with E-state index in [4.69, 9.17) is 5.73 Å². The number of esters is 1. The van der Waals surface area contributed by atoms with Gasteiger partial charge in [0, 0.05) is 12.6 Å². The minimum Gasteiger partial charge on any atom is -0.452 e. The number of nitrogens with two attached hydrogens (primary N) is 1. The molecule has 0 aromatic heterocycles. The topological polar surface area (TPSA) is 154 Å². The number of benzene rings is 1. The molecule has 0 bridgehead atoms. The number of rotatable bonds is 6. The number of nitro groups is 1. The van der Waals surface area contributed by atoms with Gasteiger partial charge in [0.05, 0.1) is 10.5 Å².